The van der Waals surface area contributed by atoms with Crippen LogP contribution in [0.4, 0.5) is 11.5 Å². The van der Waals surface area contributed by atoms with Gasteiger partial charge in [0.05, 0.1) is 5.69 Å². The molecule has 80 valence electrons. The lowest BCUT2D eigenvalue weighted by Gasteiger charge is -2.16. The number of rotatable bonds is 1. The van der Waals surface area contributed by atoms with Crippen LogP contribution in [0.2, 0.25) is 0 Å². The minimum Gasteiger partial charge on any atom is -0.396 e. The number of anilines is 2. The van der Waals surface area contributed by atoms with Gasteiger partial charge in [-0.3, -0.25) is 9.69 Å². The maximum Gasteiger partial charge on any atom is 0.229 e. The second-order valence-corrected chi connectivity index (χ2v) is 5.07. The van der Waals surface area contributed by atoms with Gasteiger partial charge in [-0.1, -0.05) is 0 Å². The summed E-state index contributed by atoms with van der Waals surface area (Å²) in [5.74, 6) is 0.552. The van der Waals surface area contributed by atoms with Gasteiger partial charge in [-0.15, -0.1) is 0 Å². The number of aromatic nitrogens is 1. The first-order valence-corrected chi connectivity index (χ1v) is 5.78. The van der Waals surface area contributed by atoms with Crippen LogP contribution in [0.5, 0.6) is 0 Å². The van der Waals surface area contributed by atoms with E-state index in [-0.39, 0.29) is 11.2 Å². The molecule has 0 radical (unpaired) electrons. The highest BCUT2D eigenvalue weighted by Gasteiger charge is 2.30. The molecule has 6 heteroatoms. The summed E-state index contributed by atoms with van der Waals surface area (Å²) in [5.41, 5.74) is 6.30. The molecule has 1 aromatic rings. The molecule has 2 rings (SSSR count). The lowest BCUT2D eigenvalue weighted by Crippen LogP contribution is -2.26. The van der Waals surface area contributed by atoms with E-state index >= 15 is 0 Å². The number of carbonyl (C=O) groups excluding carboxylic acids is 1. The number of nitrogens with two attached hydrogens (primary N) is 1. The Morgan fingerprint density at radius 2 is 2.40 bits per heavy atom. The fourth-order valence-corrected chi connectivity index (χ4v) is 2.24. The lowest BCUT2D eigenvalue weighted by molar-refractivity contribution is -0.117. The summed E-state index contributed by atoms with van der Waals surface area (Å²) in [6.07, 6.45) is 2.07. The summed E-state index contributed by atoms with van der Waals surface area (Å²) in [5, 5.41) is 0.0716. The van der Waals surface area contributed by atoms with Gasteiger partial charge in [0.15, 0.2) is 5.82 Å². The zero-order valence-electron chi connectivity index (χ0n) is 7.85. The Kier molecular flexibility index (Phi) is 2.88. The number of halogens is 1. The predicted molar refractivity (Wildman–Crippen MR) is 66.1 cm³/mol. The molecule has 1 atom stereocenters. The van der Waals surface area contributed by atoms with Crippen LogP contribution in [0.15, 0.2) is 16.7 Å². The van der Waals surface area contributed by atoms with Gasteiger partial charge in [-0.2, -0.15) is 12.6 Å². The second-order valence-electron chi connectivity index (χ2n) is 3.43. The summed E-state index contributed by atoms with van der Waals surface area (Å²) < 4.78 is 0.804. The molecular weight excluding hydrogens is 278 g/mol. The first-order chi connectivity index (χ1) is 7.08. The molecule has 0 aromatic carbocycles. The molecule has 0 spiro atoms. The van der Waals surface area contributed by atoms with Gasteiger partial charge < -0.3 is 5.73 Å². The summed E-state index contributed by atoms with van der Waals surface area (Å²) in [6.45, 7) is 0.570. The molecule has 0 aliphatic carbocycles. The highest BCUT2D eigenvalue weighted by molar-refractivity contribution is 9.10. The molecule has 1 unspecified atom stereocenters. The number of nitrogens with zero attached hydrogens (tertiary/aromatic N) is 2. The van der Waals surface area contributed by atoms with Crippen molar-refractivity contribution in [2.75, 3.05) is 17.2 Å². The first kappa shape index (κ1) is 10.8. The van der Waals surface area contributed by atoms with Crippen molar-refractivity contribution in [2.45, 2.75) is 11.7 Å². The van der Waals surface area contributed by atoms with Crippen LogP contribution in [0.1, 0.15) is 6.42 Å². The molecule has 1 amide bonds. The van der Waals surface area contributed by atoms with E-state index < -0.39 is 0 Å². The van der Waals surface area contributed by atoms with E-state index in [4.69, 9.17) is 5.73 Å². The Hall–Kier alpha value is -0.750. The number of nitrogen functional groups attached to an aromatic ring is 1. The average Bonchev–Trinajstić information content (AvgIpc) is 2.45. The molecule has 0 bridgehead atoms. The number of hydrogen-bond acceptors (Lipinski definition) is 4. The average molecular weight is 288 g/mol. The number of carbonyl (C=O) groups is 1. The molecule has 15 heavy (non-hydrogen) atoms. The van der Waals surface area contributed by atoms with E-state index in [0.717, 1.165) is 4.47 Å². The molecule has 1 aliphatic rings. The van der Waals surface area contributed by atoms with Crippen molar-refractivity contribution in [1.29, 1.82) is 0 Å². The molecule has 1 aromatic heterocycles. The Balaban J connectivity index is 2.34. The van der Waals surface area contributed by atoms with Crippen molar-refractivity contribution < 1.29 is 4.79 Å². The van der Waals surface area contributed by atoms with Gasteiger partial charge >= 0.3 is 0 Å². The third-order valence-corrected chi connectivity index (χ3v) is 3.00. The van der Waals surface area contributed by atoms with Crippen molar-refractivity contribution >= 4 is 46.0 Å². The van der Waals surface area contributed by atoms with Crippen LogP contribution in [-0.2, 0) is 4.79 Å². The van der Waals surface area contributed by atoms with E-state index in [2.05, 4.69) is 33.5 Å². The van der Waals surface area contributed by atoms with Gasteiger partial charge in [0.1, 0.15) is 0 Å². The van der Waals surface area contributed by atoms with Crippen LogP contribution < -0.4 is 10.6 Å². The molecule has 1 aliphatic heterocycles. The molecule has 2 heterocycles. The normalized spacial score (nSPS) is 21.1. The van der Waals surface area contributed by atoms with Crippen LogP contribution in [0.3, 0.4) is 0 Å². The minimum atomic E-state index is 0.0246. The van der Waals surface area contributed by atoms with E-state index in [9.17, 15) is 4.79 Å². The van der Waals surface area contributed by atoms with E-state index in [1.165, 1.54) is 0 Å². The Labute approximate surface area is 101 Å². The maximum atomic E-state index is 11.6. The van der Waals surface area contributed by atoms with E-state index in [1.54, 1.807) is 17.2 Å². The smallest absolute Gasteiger partial charge is 0.229 e. The third-order valence-electron chi connectivity index (χ3n) is 2.22. The van der Waals surface area contributed by atoms with Gasteiger partial charge in [-0.05, 0) is 22.0 Å². The highest BCUT2D eigenvalue weighted by Crippen LogP contribution is 2.28. The topological polar surface area (TPSA) is 59.2 Å². The van der Waals surface area contributed by atoms with Gasteiger partial charge in [-0.25, -0.2) is 4.98 Å². The molecular formula is C9H10BrN3OS. The fourth-order valence-electron chi connectivity index (χ4n) is 1.57. The number of thiol groups is 1. The maximum absolute atomic E-state index is 11.6. The Morgan fingerprint density at radius 1 is 1.67 bits per heavy atom. The number of amides is 1. The summed E-state index contributed by atoms with van der Waals surface area (Å²) in [6, 6.07) is 1.74. The quantitative estimate of drug-likeness (QED) is 0.769. The SMILES string of the molecule is Nc1cc(Br)cnc1N1CC(S)CC1=O. The zero-order chi connectivity index (χ0) is 11.0. The monoisotopic (exact) mass is 287 g/mol. The number of pyridine rings is 1. The fraction of sp³-hybridized carbons (Fsp3) is 0.333. The van der Waals surface area contributed by atoms with Crippen LogP contribution in [0.25, 0.3) is 0 Å². The molecule has 4 nitrogen and oxygen atoms in total. The second kappa shape index (κ2) is 4.02. The van der Waals surface area contributed by atoms with Crippen molar-refractivity contribution in [2.24, 2.45) is 0 Å². The van der Waals surface area contributed by atoms with Crippen molar-refractivity contribution in [1.82, 2.24) is 4.98 Å². The molecule has 2 N–H and O–H groups in total. The number of hydrogen-bond donors (Lipinski definition) is 2. The van der Waals surface area contributed by atoms with Gasteiger partial charge in [0, 0.05) is 28.9 Å². The van der Waals surface area contributed by atoms with Crippen LogP contribution in [-0.4, -0.2) is 22.7 Å². The Bertz CT molecular complexity index is 412. The first-order valence-electron chi connectivity index (χ1n) is 4.47. The summed E-state index contributed by atoms with van der Waals surface area (Å²) >= 11 is 7.55. The predicted octanol–water partition coefficient (Wildman–Crippen LogP) is 1.46. The van der Waals surface area contributed by atoms with Crippen LogP contribution >= 0.6 is 28.6 Å². The van der Waals surface area contributed by atoms with Gasteiger partial charge in [0.25, 0.3) is 0 Å². The van der Waals surface area contributed by atoms with E-state index in [1.807, 2.05) is 0 Å². The summed E-state index contributed by atoms with van der Waals surface area (Å²) in [4.78, 5) is 17.3. The molecule has 1 saturated heterocycles. The van der Waals surface area contributed by atoms with E-state index in [0.29, 0.717) is 24.5 Å². The van der Waals surface area contributed by atoms with Crippen molar-refractivity contribution in [3.8, 4) is 0 Å². The molecule has 0 saturated carbocycles. The largest absolute Gasteiger partial charge is 0.396 e. The minimum absolute atomic E-state index is 0.0246. The highest BCUT2D eigenvalue weighted by atomic mass is 79.9. The lowest BCUT2D eigenvalue weighted by atomic mass is 10.3. The zero-order valence-corrected chi connectivity index (χ0v) is 10.3. The van der Waals surface area contributed by atoms with Crippen molar-refractivity contribution in [3.05, 3.63) is 16.7 Å². The van der Waals surface area contributed by atoms with Gasteiger partial charge in [0.2, 0.25) is 5.91 Å². The van der Waals surface area contributed by atoms with Crippen molar-refractivity contribution in [3.63, 3.8) is 0 Å². The third kappa shape index (κ3) is 2.10. The Morgan fingerprint density at radius 3 is 2.93 bits per heavy atom. The summed E-state index contributed by atoms with van der Waals surface area (Å²) in [7, 11) is 0. The standard InChI is InChI=1S/C9H10BrN3OS/c10-5-1-7(11)9(12-3-5)13-4-6(15)2-8(13)14/h1,3,6,15H,2,4,11H2. The molecule has 1 fully saturated rings. The van der Waals surface area contributed by atoms with Crippen LogP contribution in [0, 0.1) is 0 Å².